The highest BCUT2D eigenvalue weighted by Crippen LogP contribution is 2.31. The van der Waals surface area contributed by atoms with Crippen LogP contribution in [-0.2, 0) is 16.1 Å². The van der Waals surface area contributed by atoms with Crippen molar-refractivity contribution in [1.82, 2.24) is 25.2 Å². The minimum atomic E-state index is -0.874. The Morgan fingerprint density at radius 2 is 1.95 bits per heavy atom. The molecule has 0 spiro atoms. The molecule has 1 aromatic carbocycles. The van der Waals surface area contributed by atoms with Crippen LogP contribution >= 0.6 is 0 Å². The van der Waals surface area contributed by atoms with E-state index in [1.165, 1.54) is 45.9 Å². The highest BCUT2D eigenvalue weighted by Gasteiger charge is 2.35. The van der Waals surface area contributed by atoms with Crippen LogP contribution < -0.4 is 19.8 Å². The topological polar surface area (TPSA) is 140 Å². The molecule has 0 aliphatic carbocycles. The van der Waals surface area contributed by atoms with Gasteiger partial charge in [-0.2, -0.15) is 4.73 Å². The number of aromatic nitrogens is 4. The number of ether oxygens (including phenoxy) is 1. The third-order valence-corrected chi connectivity index (χ3v) is 6.71. The zero-order chi connectivity index (χ0) is 28.4. The van der Waals surface area contributed by atoms with Crippen LogP contribution in [0.4, 0.5) is 25.0 Å². The molecule has 4 heterocycles. The van der Waals surface area contributed by atoms with Crippen LogP contribution in [-0.4, -0.2) is 82.7 Å². The molecule has 2 atom stereocenters. The first-order chi connectivity index (χ1) is 19.2. The van der Waals surface area contributed by atoms with Gasteiger partial charge in [0.2, 0.25) is 5.91 Å². The van der Waals surface area contributed by atoms with Crippen LogP contribution in [0.25, 0.3) is 0 Å². The van der Waals surface area contributed by atoms with E-state index in [-0.39, 0.29) is 62.1 Å². The molecule has 2 saturated heterocycles. The largest absolute Gasteiger partial charge is 0.619 e. The standard InChI is InChI=1S/C25H26F2N8O5/c1-16(29-23(36)17-3-2-5-34(39)13-17)24(37)32-9-7-31(8-10-32)22-20(26)11-18(12-21(22)27)35-15-19(40-25(35)38)14-33-6-4-28-30-33/h2-6,11-13,16,19H,7-10,14-15H2,1H3,(H,29,36)/t16-,19-/m0/s1. The number of nitrogens with zero attached hydrogens (tertiary/aromatic N) is 7. The lowest BCUT2D eigenvalue weighted by Gasteiger charge is -2.37. The summed E-state index contributed by atoms with van der Waals surface area (Å²) in [4.78, 5) is 41.8. The summed E-state index contributed by atoms with van der Waals surface area (Å²) in [6, 6.07) is 4.18. The number of halogens is 2. The summed E-state index contributed by atoms with van der Waals surface area (Å²) >= 11 is 0. The van der Waals surface area contributed by atoms with Crippen LogP contribution in [0.5, 0.6) is 0 Å². The average Bonchev–Trinajstić information content (AvgIpc) is 3.57. The van der Waals surface area contributed by atoms with Crippen molar-refractivity contribution in [2.75, 3.05) is 42.5 Å². The maximum Gasteiger partial charge on any atom is 0.414 e. The molecule has 2 fully saturated rings. The second-order valence-corrected chi connectivity index (χ2v) is 9.46. The maximum atomic E-state index is 15.2. The maximum absolute atomic E-state index is 15.2. The number of cyclic esters (lactones) is 1. The molecule has 210 valence electrons. The van der Waals surface area contributed by atoms with Crippen LogP contribution in [0, 0.1) is 16.8 Å². The Kier molecular flexibility index (Phi) is 7.44. The lowest BCUT2D eigenvalue weighted by molar-refractivity contribution is -0.605. The van der Waals surface area contributed by atoms with Gasteiger partial charge in [-0.3, -0.25) is 14.5 Å². The van der Waals surface area contributed by atoms with E-state index in [0.717, 1.165) is 23.2 Å². The minimum absolute atomic E-state index is 0.0316. The van der Waals surface area contributed by atoms with E-state index >= 15 is 8.78 Å². The summed E-state index contributed by atoms with van der Waals surface area (Å²) in [6.45, 7) is 2.53. The van der Waals surface area contributed by atoms with Gasteiger partial charge in [0.25, 0.3) is 5.91 Å². The van der Waals surface area contributed by atoms with Crippen LogP contribution in [0.1, 0.15) is 17.3 Å². The predicted octanol–water partition coefficient (Wildman–Crippen LogP) is 0.682. The van der Waals surface area contributed by atoms with Gasteiger partial charge in [-0.1, -0.05) is 5.21 Å². The zero-order valence-corrected chi connectivity index (χ0v) is 21.4. The SMILES string of the molecule is C[C@H](NC(=O)c1ccc[n+]([O-])c1)C(=O)N1CCN(c2c(F)cc(N3C[C@H](Cn4ccnn4)OC3=O)cc2F)CC1. The average molecular weight is 557 g/mol. The van der Waals surface area contributed by atoms with E-state index < -0.39 is 35.8 Å². The number of hydrogen-bond acceptors (Lipinski definition) is 8. The van der Waals surface area contributed by atoms with Crippen molar-refractivity contribution in [1.29, 1.82) is 0 Å². The number of carbonyl (C=O) groups is 3. The quantitative estimate of drug-likeness (QED) is 0.331. The van der Waals surface area contributed by atoms with Crippen LogP contribution in [0.3, 0.4) is 0 Å². The molecule has 3 aromatic rings. The number of anilines is 2. The van der Waals surface area contributed by atoms with Gasteiger partial charge < -0.3 is 25.1 Å². The first-order valence-electron chi connectivity index (χ1n) is 12.5. The number of benzene rings is 1. The number of pyridine rings is 1. The summed E-state index contributed by atoms with van der Waals surface area (Å²) in [7, 11) is 0. The van der Waals surface area contributed by atoms with Gasteiger partial charge >= 0.3 is 6.09 Å². The molecule has 15 heteroatoms. The Morgan fingerprint density at radius 1 is 1.23 bits per heavy atom. The number of rotatable bonds is 7. The zero-order valence-electron chi connectivity index (χ0n) is 21.4. The highest BCUT2D eigenvalue weighted by atomic mass is 19.1. The van der Waals surface area contributed by atoms with Gasteiger partial charge in [0.15, 0.2) is 24.0 Å². The molecular weight excluding hydrogens is 530 g/mol. The molecule has 0 saturated carbocycles. The van der Waals surface area contributed by atoms with Crippen LogP contribution in [0.15, 0.2) is 49.1 Å². The number of piperazine rings is 1. The van der Waals surface area contributed by atoms with Crippen molar-refractivity contribution in [3.8, 4) is 0 Å². The molecular formula is C25H26F2N8O5. The molecule has 40 heavy (non-hydrogen) atoms. The summed E-state index contributed by atoms with van der Waals surface area (Å²) in [5.74, 6) is -2.62. The second kappa shape index (κ2) is 11.1. The lowest BCUT2D eigenvalue weighted by Crippen LogP contribution is -2.54. The van der Waals surface area contributed by atoms with Crippen LogP contribution in [0.2, 0.25) is 0 Å². The molecule has 3 amide bonds. The second-order valence-electron chi connectivity index (χ2n) is 9.46. The first kappa shape index (κ1) is 26.8. The van der Waals surface area contributed by atoms with Gasteiger partial charge in [-0.05, 0) is 13.0 Å². The fourth-order valence-electron chi connectivity index (χ4n) is 4.73. The highest BCUT2D eigenvalue weighted by molar-refractivity contribution is 5.97. The molecule has 1 N–H and O–H groups in total. The summed E-state index contributed by atoms with van der Waals surface area (Å²) in [5, 5.41) is 21.5. The molecule has 0 unspecified atom stereocenters. The number of amides is 3. The van der Waals surface area contributed by atoms with E-state index in [4.69, 9.17) is 4.74 Å². The Labute approximate surface area is 227 Å². The van der Waals surface area contributed by atoms with E-state index in [2.05, 4.69) is 15.6 Å². The smallest absolute Gasteiger partial charge is 0.414 e. The molecule has 2 aliphatic rings. The Bertz CT molecular complexity index is 1390. The van der Waals surface area contributed by atoms with Crippen molar-refractivity contribution in [3.63, 3.8) is 0 Å². The third kappa shape index (κ3) is 5.62. The summed E-state index contributed by atoms with van der Waals surface area (Å²) in [5.41, 5.74) is -0.104. The van der Waals surface area contributed by atoms with E-state index in [0.29, 0.717) is 4.73 Å². The number of nitrogens with one attached hydrogen (secondary N) is 1. The Morgan fingerprint density at radius 3 is 2.60 bits per heavy atom. The van der Waals surface area contributed by atoms with Gasteiger partial charge in [0.05, 0.1) is 25.0 Å². The Hall–Kier alpha value is -4.82. The van der Waals surface area contributed by atoms with Crippen molar-refractivity contribution < 1.29 is 32.6 Å². The first-order valence-corrected chi connectivity index (χ1v) is 12.5. The van der Waals surface area contributed by atoms with E-state index in [9.17, 15) is 19.6 Å². The van der Waals surface area contributed by atoms with Gasteiger partial charge in [-0.25, -0.2) is 18.3 Å². The van der Waals surface area contributed by atoms with Crippen molar-refractivity contribution in [3.05, 3.63) is 71.5 Å². The third-order valence-electron chi connectivity index (χ3n) is 6.71. The number of hydrogen-bond donors (Lipinski definition) is 1. The lowest BCUT2D eigenvalue weighted by atomic mass is 10.1. The minimum Gasteiger partial charge on any atom is -0.619 e. The Balaban J connectivity index is 1.18. The molecule has 5 rings (SSSR count). The molecule has 13 nitrogen and oxygen atoms in total. The van der Waals surface area contributed by atoms with Crippen molar-refractivity contribution in [2.45, 2.75) is 25.6 Å². The normalized spacial score (nSPS) is 18.0. The van der Waals surface area contributed by atoms with E-state index in [1.807, 2.05) is 0 Å². The fourth-order valence-corrected chi connectivity index (χ4v) is 4.73. The predicted molar refractivity (Wildman–Crippen MR) is 135 cm³/mol. The van der Waals surface area contributed by atoms with Gasteiger partial charge in [-0.15, -0.1) is 5.10 Å². The molecule has 0 radical (unpaired) electrons. The molecule has 2 aromatic heterocycles. The fraction of sp³-hybridized carbons (Fsp3) is 0.360. The molecule has 0 bridgehead atoms. The van der Waals surface area contributed by atoms with Gasteiger partial charge in [0, 0.05) is 50.6 Å². The summed E-state index contributed by atoms with van der Waals surface area (Å²) in [6.07, 6.45) is 4.16. The summed E-state index contributed by atoms with van der Waals surface area (Å²) < 4.78 is 37.6. The van der Waals surface area contributed by atoms with E-state index in [1.54, 1.807) is 6.20 Å². The van der Waals surface area contributed by atoms with Crippen molar-refractivity contribution in [2.24, 2.45) is 0 Å². The van der Waals surface area contributed by atoms with Crippen molar-refractivity contribution >= 4 is 29.3 Å². The monoisotopic (exact) mass is 556 g/mol. The van der Waals surface area contributed by atoms with Gasteiger partial charge in [0.1, 0.15) is 23.4 Å². The number of carbonyl (C=O) groups excluding carboxylic acids is 3. The molecule has 2 aliphatic heterocycles.